The number of carbonyl (C=O) groups excluding carboxylic acids is 2. The van der Waals surface area contributed by atoms with Gasteiger partial charge >= 0.3 is 0 Å². The SMILES string of the molecule is O=C1Cc2ccc(-c3cccc(C(=O)N4CCNNC4)c3)cc2N1. The minimum atomic E-state index is 0.0142. The van der Waals surface area contributed by atoms with Crippen molar-refractivity contribution in [2.45, 2.75) is 6.42 Å². The Morgan fingerprint density at radius 2 is 1.92 bits per heavy atom. The van der Waals surface area contributed by atoms with Gasteiger partial charge in [0, 0.05) is 24.3 Å². The quantitative estimate of drug-likeness (QED) is 0.780. The molecule has 0 aromatic heterocycles. The molecule has 0 bridgehead atoms. The molecule has 2 aromatic carbocycles. The lowest BCUT2D eigenvalue weighted by atomic mass is 10.00. The summed E-state index contributed by atoms with van der Waals surface area (Å²) in [4.78, 5) is 25.9. The molecule has 2 aromatic rings. The van der Waals surface area contributed by atoms with E-state index < -0.39 is 0 Å². The van der Waals surface area contributed by atoms with Crippen molar-refractivity contribution in [3.05, 3.63) is 53.6 Å². The molecule has 24 heavy (non-hydrogen) atoms. The van der Waals surface area contributed by atoms with Crippen LogP contribution >= 0.6 is 0 Å². The van der Waals surface area contributed by atoms with Crippen LogP contribution in [-0.2, 0) is 11.2 Å². The highest BCUT2D eigenvalue weighted by Crippen LogP contribution is 2.29. The van der Waals surface area contributed by atoms with Gasteiger partial charge in [-0.1, -0.05) is 24.3 Å². The maximum absolute atomic E-state index is 12.6. The molecule has 2 aliphatic heterocycles. The molecule has 0 radical (unpaired) electrons. The first-order valence-corrected chi connectivity index (χ1v) is 7.99. The van der Waals surface area contributed by atoms with Crippen LogP contribution in [0.1, 0.15) is 15.9 Å². The Hall–Kier alpha value is -2.70. The van der Waals surface area contributed by atoms with E-state index in [1.165, 1.54) is 0 Å². The fraction of sp³-hybridized carbons (Fsp3) is 0.222. The third-order valence-electron chi connectivity index (χ3n) is 4.37. The van der Waals surface area contributed by atoms with Gasteiger partial charge in [0.1, 0.15) is 0 Å². The molecule has 4 rings (SSSR count). The zero-order valence-corrected chi connectivity index (χ0v) is 13.1. The van der Waals surface area contributed by atoms with E-state index in [2.05, 4.69) is 16.2 Å². The first-order chi connectivity index (χ1) is 11.7. The average molecular weight is 322 g/mol. The molecule has 2 heterocycles. The molecular weight excluding hydrogens is 304 g/mol. The smallest absolute Gasteiger partial charge is 0.254 e. The fourth-order valence-electron chi connectivity index (χ4n) is 3.09. The van der Waals surface area contributed by atoms with E-state index in [1.807, 2.05) is 42.5 Å². The van der Waals surface area contributed by atoms with E-state index in [0.717, 1.165) is 28.9 Å². The second-order valence-corrected chi connectivity index (χ2v) is 6.01. The van der Waals surface area contributed by atoms with Gasteiger partial charge in [0.2, 0.25) is 5.91 Å². The van der Waals surface area contributed by atoms with E-state index in [0.29, 0.717) is 25.2 Å². The second-order valence-electron chi connectivity index (χ2n) is 6.01. The van der Waals surface area contributed by atoms with Crippen molar-refractivity contribution in [3.8, 4) is 11.1 Å². The van der Waals surface area contributed by atoms with E-state index in [-0.39, 0.29) is 11.8 Å². The topological polar surface area (TPSA) is 73.5 Å². The van der Waals surface area contributed by atoms with Crippen LogP contribution in [0.25, 0.3) is 11.1 Å². The highest BCUT2D eigenvalue weighted by molar-refractivity contribution is 6.00. The molecule has 0 spiro atoms. The number of rotatable bonds is 2. The minimum absolute atomic E-state index is 0.0142. The maximum atomic E-state index is 12.6. The van der Waals surface area contributed by atoms with Crippen molar-refractivity contribution in [1.82, 2.24) is 15.8 Å². The summed E-state index contributed by atoms with van der Waals surface area (Å²) in [6.45, 7) is 1.91. The normalized spacial score (nSPS) is 16.7. The molecule has 2 aliphatic rings. The van der Waals surface area contributed by atoms with Crippen LogP contribution < -0.4 is 16.2 Å². The minimum Gasteiger partial charge on any atom is -0.326 e. The molecule has 6 nitrogen and oxygen atoms in total. The number of fused-ring (bicyclic) bond motifs is 1. The van der Waals surface area contributed by atoms with Gasteiger partial charge in [-0.15, -0.1) is 0 Å². The van der Waals surface area contributed by atoms with Gasteiger partial charge in [-0.2, -0.15) is 0 Å². The van der Waals surface area contributed by atoms with Gasteiger partial charge in [-0.05, 0) is 34.9 Å². The maximum Gasteiger partial charge on any atom is 0.254 e. The third-order valence-corrected chi connectivity index (χ3v) is 4.37. The first kappa shape index (κ1) is 14.9. The summed E-state index contributed by atoms with van der Waals surface area (Å²) < 4.78 is 0. The van der Waals surface area contributed by atoms with Crippen LogP contribution in [0, 0.1) is 0 Å². The first-order valence-electron chi connectivity index (χ1n) is 7.99. The number of amides is 2. The van der Waals surface area contributed by atoms with Gasteiger partial charge < -0.3 is 10.2 Å². The molecule has 6 heteroatoms. The van der Waals surface area contributed by atoms with E-state index in [1.54, 1.807) is 4.90 Å². The number of hydrogen-bond acceptors (Lipinski definition) is 4. The van der Waals surface area contributed by atoms with Crippen molar-refractivity contribution < 1.29 is 9.59 Å². The zero-order valence-electron chi connectivity index (χ0n) is 13.1. The number of benzene rings is 2. The van der Waals surface area contributed by atoms with Crippen molar-refractivity contribution in [3.63, 3.8) is 0 Å². The standard InChI is InChI=1S/C18H18N4O2/c23-17-10-14-5-4-13(9-16(14)21-17)12-2-1-3-15(8-12)18(24)22-7-6-19-20-11-22/h1-5,8-9,19-20H,6-7,10-11H2,(H,21,23). The summed E-state index contributed by atoms with van der Waals surface area (Å²) in [5, 5.41) is 2.87. The number of hydrazine groups is 1. The van der Waals surface area contributed by atoms with Crippen molar-refractivity contribution in [1.29, 1.82) is 0 Å². The van der Waals surface area contributed by atoms with Crippen molar-refractivity contribution in [2.24, 2.45) is 0 Å². The highest BCUT2D eigenvalue weighted by Gasteiger charge is 2.20. The van der Waals surface area contributed by atoms with E-state index in [9.17, 15) is 9.59 Å². The van der Waals surface area contributed by atoms with Crippen LogP contribution in [0.15, 0.2) is 42.5 Å². The highest BCUT2D eigenvalue weighted by atomic mass is 16.2. The number of nitrogens with one attached hydrogen (secondary N) is 3. The van der Waals surface area contributed by atoms with Crippen LogP contribution in [-0.4, -0.2) is 36.5 Å². The summed E-state index contributed by atoms with van der Waals surface area (Å²) in [5.41, 5.74) is 10.5. The summed E-state index contributed by atoms with van der Waals surface area (Å²) in [5.74, 6) is 0.0394. The Balaban J connectivity index is 1.62. The van der Waals surface area contributed by atoms with Gasteiger partial charge in [0.25, 0.3) is 5.91 Å². The van der Waals surface area contributed by atoms with Crippen LogP contribution in [0.3, 0.4) is 0 Å². The predicted molar refractivity (Wildman–Crippen MR) is 91.3 cm³/mol. The van der Waals surface area contributed by atoms with Crippen molar-refractivity contribution in [2.75, 3.05) is 25.1 Å². The molecule has 2 amide bonds. The summed E-state index contributed by atoms with van der Waals surface area (Å²) in [7, 11) is 0. The lowest BCUT2D eigenvalue weighted by molar-refractivity contribution is -0.115. The largest absolute Gasteiger partial charge is 0.326 e. The summed E-state index contributed by atoms with van der Waals surface area (Å²) >= 11 is 0. The number of carbonyl (C=O) groups is 2. The molecule has 3 N–H and O–H groups in total. The van der Waals surface area contributed by atoms with Crippen LogP contribution in [0.4, 0.5) is 5.69 Å². The molecule has 0 unspecified atom stereocenters. The van der Waals surface area contributed by atoms with Crippen LogP contribution in [0.2, 0.25) is 0 Å². The number of anilines is 1. The monoisotopic (exact) mass is 322 g/mol. The van der Waals surface area contributed by atoms with E-state index >= 15 is 0 Å². The molecule has 1 saturated heterocycles. The van der Waals surface area contributed by atoms with Gasteiger partial charge in [0.05, 0.1) is 13.1 Å². The number of nitrogens with zero attached hydrogens (tertiary/aromatic N) is 1. The Morgan fingerprint density at radius 1 is 1.04 bits per heavy atom. The van der Waals surface area contributed by atoms with Gasteiger partial charge in [-0.3, -0.25) is 15.0 Å². The molecule has 1 fully saturated rings. The Morgan fingerprint density at radius 3 is 2.75 bits per heavy atom. The number of hydrogen-bond donors (Lipinski definition) is 3. The summed E-state index contributed by atoms with van der Waals surface area (Å²) in [6.07, 6.45) is 0.435. The van der Waals surface area contributed by atoms with E-state index in [4.69, 9.17) is 0 Å². The fourth-order valence-corrected chi connectivity index (χ4v) is 3.09. The average Bonchev–Trinajstić information content (AvgIpc) is 3.01. The second kappa shape index (κ2) is 6.07. The molecular formula is C18H18N4O2. The Labute approximate surface area is 139 Å². The lowest BCUT2D eigenvalue weighted by Crippen LogP contribution is -2.53. The van der Waals surface area contributed by atoms with Gasteiger partial charge in [-0.25, -0.2) is 5.43 Å². The molecule has 0 aliphatic carbocycles. The molecule has 122 valence electrons. The predicted octanol–water partition coefficient (Wildman–Crippen LogP) is 1.36. The third kappa shape index (κ3) is 2.77. The zero-order chi connectivity index (χ0) is 16.5. The molecule has 0 atom stereocenters. The Kier molecular flexibility index (Phi) is 3.76. The van der Waals surface area contributed by atoms with Crippen molar-refractivity contribution >= 4 is 17.5 Å². The molecule has 0 saturated carbocycles. The lowest BCUT2D eigenvalue weighted by Gasteiger charge is -2.28. The summed E-state index contributed by atoms with van der Waals surface area (Å²) in [6, 6.07) is 13.5. The van der Waals surface area contributed by atoms with Gasteiger partial charge in [0.15, 0.2) is 0 Å². The van der Waals surface area contributed by atoms with Crippen LogP contribution in [0.5, 0.6) is 0 Å². The Bertz CT molecular complexity index is 812.